The van der Waals surface area contributed by atoms with Crippen LogP contribution in [0.5, 0.6) is 0 Å². The third-order valence-corrected chi connectivity index (χ3v) is 3.84. The molecule has 3 aromatic rings. The molecule has 0 unspecified atom stereocenters. The maximum atomic E-state index is 12.1. The van der Waals surface area contributed by atoms with Crippen LogP contribution in [0.15, 0.2) is 47.0 Å². The molecule has 2 amide bonds. The summed E-state index contributed by atoms with van der Waals surface area (Å²) in [6.07, 6.45) is 2.96. The number of hydrogen-bond acceptors (Lipinski definition) is 5. The van der Waals surface area contributed by atoms with Gasteiger partial charge in [0.1, 0.15) is 11.2 Å². The second-order valence-corrected chi connectivity index (χ2v) is 5.63. The third kappa shape index (κ3) is 4.13. The summed E-state index contributed by atoms with van der Waals surface area (Å²) >= 11 is 0. The second kappa shape index (κ2) is 7.76. The minimum atomic E-state index is -0.316. The van der Waals surface area contributed by atoms with Gasteiger partial charge in [-0.1, -0.05) is 13.0 Å². The molecule has 130 valence electrons. The molecule has 0 spiro atoms. The molecule has 7 heteroatoms. The number of benzene rings is 1. The number of hydrogen-bond donors (Lipinski definition) is 3. The summed E-state index contributed by atoms with van der Waals surface area (Å²) in [6, 6.07) is 10.4. The van der Waals surface area contributed by atoms with Crippen LogP contribution in [-0.4, -0.2) is 33.8 Å². The predicted molar refractivity (Wildman–Crippen MR) is 95.2 cm³/mol. The number of oxazole rings is 1. The average Bonchev–Trinajstić information content (AvgIpc) is 3.05. The number of carbonyl (C=O) groups excluding carboxylic acids is 1. The van der Waals surface area contributed by atoms with Crippen molar-refractivity contribution in [1.82, 2.24) is 15.3 Å². The molecular weight excluding hydrogens is 320 g/mol. The molecule has 0 fully saturated rings. The first kappa shape index (κ1) is 16.9. The first-order valence-electron chi connectivity index (χ1n) is 8.20. The zero-order valence-corrected chi connectivity index (χ0v) is 13.9. The molecule has 0 bridgehead atoms. The number of anilines is 1. The van der Waals surface area contributed by atoms with Crippen molar-refractivity contribution in [3.63, 3.8) is 0 Å². The quantitative estimate of drug-likeness (QED) is 0.640. The Bertz CT molecular complexity index is 848. The Balaban J connectivity index is 1.74. The van der Waals surface area contributed by atoms with Gasteiger partial charge in [0.25, 0.3) is 0 Å². The van der Waals surface area contributed by atoms with Crippen LogP contribution in [0, 0.1) is 0 Å². The lowest BCUT2D eigenvalue weighted by atomic mass is 10.2. The molecule has 7 nitrogen and oxygen atoms in total. The highest BCUT2D eigenvalue weighted by atomic mass is 16.3. The van der Waals surface area contributed by atoms with Gasteiger partial charge in [0.15, 0.2) is 5.58 Å². The summed E-state index contributed by atoms with van der Waals surface area (Å²) in [6.45, 7) is 2.00. The van der Waals surface area contributed by atoms with E-state index in [0.29, 0.717) is 34.8 Å². The van der Waals surface area contributed by atoms with E-state index in [-0.39, 0.29) is 18.7 Å². The van der Waals surface area contributed by atoms with E-state index < -0.39 is 0 Å². The molecular formula is C18H20N4O3. The Morgan fingerprint density at radius 2 is 2.20 bits per heavy atom. The number of amides is 2. The molecule has 25 heavy (non-hydrogen) atoms. The SMILES string of the molecule is CC[C@@H](CCO)NC(=O)Nc1ccc2nc(-c3ccccn3)oc2c1. The van der Waals surface area contributed by atoms with Gasteiger partial charge in [0.2, 0.25) is 5.89 Å². The highest BCUT2D eigenvalue weighted by Crippen LogP contribution is 2.25. The number of aliphatic hydroxyl groups excluding tert-OH is 1. The number of aliphatic hydroxyl groups is 1. The number of pyridine rings is 1. The maximum Gasteiger partial charge on any atom is 0.319 e. The van der Waals surface area contributed by atoms with Crippen LogP contribution in [-0.2, 0) is 0 Å². The van der Waals surface area contributed by atoms with Crippen molar-refractivity contribution < 1.29 is 14.3 Å². The van der Waals surface area contributed by atoms with Crippen molar-refractivity contribution in [2.24, 2.45) is 0 Å². The van der Waals surface area contributed by atoms with Gasteiger partial charge in [-0.05, 0) is 37.1 Å². The van der Waals surface area contributed by atoms with Crippen molar-refractivity contribution in [2.75, 3.05) is 11.9 Å². The number of nitrogens with one attached hydrogen (secondary N) is 2. The fourth-order valence-electron chi connectivity index (χ4n) is 2.49. The van der Waals surface area contributed by atoms with Crippen LogP contribution in [0.4, 0.5) is 10.5 Å². The van der Waals surface area contributed by atoms with Crippen LogP contribution in [0.1, 0.15) is 19.8 Å². The molecule has 3 N–H and O–H groups in total. The van der Waals surface area contributed by atoms with Crippen LogP contribution < -0.4 is 10.6 Å². The summed E-state index contributed by atoms with van der Waals surface area (Å²) in [5, 5.41) is 14.6. The van der Waals surface area contributed by atoms with E-state index >= 15 is 0 Å². The zero-order chi connectivity index (χ0) is 17.6. The normalized spacial score (nSPS) is 12.1. The fraction of sp³-hybridized carbons (Fsp3) is 0.278. The van der Waals surface area contributed by atoms with E-state index in [0.717, 1.165) is 6.42 Å². The first-order chi connectivity index (χ1) is 12.2. The third-order valence-electron chi connectivity index (χ3n) is 3.84. The molecule has 0 saturated carbocycles. The minimum absolute atomic E-state index is 0.0408. The van der Waals surface area contributed by atoms with E-state index in [1.54, 1.807) is 24.4 Å². The number of carbonyl (C=O) groups is 1. The summed E-state index contributed by atoms with van der Waals surface area (Å²) in [4.78, 5) is 20.7. The average molecular weight is 340 g/mol. The summed E-state index contributed by atoms with van der Waals surface area (Å²) in [7, 11) is 0. The number of aromatic nitrogens is 2. The molecule has 0 aliphatic rings. The number of nitrogens with zero attached hydrogens (tertiary/aromatic N) is 2. The van der Waals surface area contributed by atoms with Crippen LogP contribution in [0.25, 0.3) is 22.7 Å². The van der Waals surface area contributed by atoms with Gasteiger partial charge in [-0.2, -0.15) is 0 Å². The van der Waals surface area contributed by atoms with Gasteiger partial charge in [-0.3, -0.25) is 4.98 Å². The van der Waals surface area contributed by atoms with Gasteiger partial charge in [-0.15, -0.1) is 0 Å². The minimum Gasteiger partial charge on any atom is -0.435 e. The van der Waals surface area contributed by atoms with E-state index in [1.807, 2.05) is 25.1 Å². The summed E-state index contributed by atoms with van der Waals surface area (Å²) in [5.41, 5.74) is 2.52. The van der Waals surface area contributed by atoms with Crippen molar-refractivity contribution in [3.8, 4) is 11.6 Å². The van der Waals surface area contributed by atoms with Gasteiger partial charge < -0.3 is 20.2 Å². The Morgan fingerprint density at radius 3 is 2.92 bits per heavy atom. The monoisotopic (exact) mass is 340 g/mol. The highest BCUT2D eigenvalue weighted by Gasteiger charge is 2.12. The van der Waals surface area contributed by atoms with Crippen LogP contribution in [0.3, 0.4) is 0 Å². The van der Waals surface area contributed by atoms with Gasteiger partial charge in [0.05, 0.1) is 0 Å². The summed E-state index contributed by atoms with van der Waals surface area (Å²) in [5.74, 6) is 0.436. The zero-order valence-electron chi connectivity index (χ0n) is 13.9. The van der Waals surface area contributed by atoms with Crippen molar-refractivity contribution in [1.29, 1.82) is 0 Å². The number of rotatable bonds is 6. The highest BCUT2D eigenvalue weighted by molar-refractivity contribution is 5.92. The molecule has 1 aromatic carbocycles. The van der Waals surface area contributed by atoms with E-state index in [4.69, 9.17) is 9.52 Å². The molecule has 0 radical (unpaired) electrons. The Hall–Kier alpha value is -2.93. The Morgan fingerprint density at radius 1 is 1.32 bits per heavy atom. The molecule has 0 aliphatic heterocycles. The lowest BCUT2D eigenvalue weighted by molar-refractivity contribution is 0.237. The number of urea groups is 1. The van der Waals surface area contributed by atoms with E-state index in [9.17, 15) is 4.79 Å². The lowest BCUT2D eigenvalue weighted by Crippen LogP contribution is -2.38. The first-order valence-corrected chi connectivity index (χ1v) is 8.20. The van der Waals surface area contributed by atoms with Gasteiger partial charge >= 0.3 is 6.03 Å². The lowest BCUT2D eigenvalue weighted by Gasteiger charge is -2.16. The number of fused-ring (bicyclic) bond motifs is 1. The molecule has 1 atom stereocenters. The van der Waals surface area contributed by atoms with Crippen molar-refractivity contribution in [3.05, 3.63) is 42.6 Å². The van der Waals surface area contributed by atoms with Crippen molar-refractivity contribution >= 4 is 22.8 Å². The molecule has 2 heterocycles. The molecule has 2 aromatic heterocycles. The van der Waals surface area contributed by atoms with Gasteiger partial charge in [-0.25, -0.2) is 9.78 Å². The van der Waals surface area contributed by atoms with Crippen LogP contribution in [0.2, 0.25) is 0 Å². The van der Waals surface area contributed by atoms with E-state index in [2.05, 4.69) is 20.6 Å². The predicted octanol–water partition coefficient (Wildman–Crippen LogP) is 3.17. The molecule has 0 saturated heterocycles. The topological polar surface area (TPSA) is 100 Å². The molecule has 0 aliphatic carbocycles. The van der Waals surface area contributed by atoms with Crippen LogP contribution >= 0.6 is 0 Å². The van der Waals surface area contributed by atoms with Crippen molar-refractivity contribution in [2.45, 2.75) is 25.8 Å². The second-order valence-electron chi connectivity index (χ2n) is 5.63. The smallest absolute Gasteiger partial charge is 0.319 e. The standard InChI is InChI=1S/C18H20N4O3/c1-2-12(8-10-23)20-18(24)21-13-6-7-14-16(11-13)25-17(22-14)15-5-3-4-9-19-15/h3-7,9,11-12,23H,2,8,10H2,1H3,(H2,20,21,24)/t12-/m0/s1. The molecule has 3 rings (SSSR count). The Kier molecular flexibility index (Phi) is 5.25. The fourth-order valence-corrected chi connectivity index (χ4v) is 2.49. The van der Waals surface area contributed by atoms with E-state index in [1.165, 1.54) is 0 Å². The largest absolute Gasteiger partial charge is 0.435 e. The maximum absolute atomic E-state index is 12.1. The Labute approximate surface area is 145 Å². The van der Waals surface area contributed by atoms with Gasteiger partial charge in [0, 0.05) is 30.6 Å². The summed E-state index contributed by atoms with van der Waals surface area (Å²) < 4.78 is 5.74.